The van der Waals surface area contributed by atoms with Crippen molar-refractivity contribution in [2.75, 3.05) is 0 Å². The van der Waals surface area contributed by atoms with E-state index < -0.39 is 0 Å². The molecule has 1 fully saturated rings. The van der Waals surface area contributed by atoms with E-state index in [2.05, 4.69) is 31.8 Å². The Kier molecular flexibility index (Phi) is 5.09. The summed E-state index contributed by atoms with van der Waals surface area (Å²) < 4.78 is 6.09. The first-order valence-electron chi connectivity index (χ1n) is 7.32. The highest BCUT2D eigenvalue weighted by atomic mass is 35.5. The Hall–Kier alpha value is -0.760. The number of hydrogen-bond donors (Lipinski definition) is 0. The zero-order valence-corrected chi connectivity index (χ0v) is 12.9. The average molecular weight is 282 g/mol. The number of halogens is 1. The second kappa shape index (κ2) is 6.60. The SMILES string of the molecule is CC1CCCC(Oc2cc(CCl)cc(C(C)C)n2)C1. The molecule has 0 spiro atoms. The molecular weight excluding hydrogens is 258 g/mol. The predicted octanol–water partition coefficient (Wildman–Crippen LogP) is 4.90. The summed E-state index contributed by atoms with van der Waals surface area (Å²) in [4.78, 5) is 4.62. The van der Waals surface area contributed by atoms with Crippen LogP contribution in [0.4, 0.5) is 0 Å². The van der Waals surface area contributed by atoms with E-state index in [1.165, 1.54) is 12.8 Å². The van der Waals surface area contributed by atoms with Gasteiger partial charge in [0.25, 0.3) is 0 Å². The number of rotatable bonds is 4. The van der Waals surface area contributed by atoms with Crippen LogP contribution < -0.4 is 4.74 Å². The molecule has 1 aromatic heterocycles. The van der Waals surface area contributed by atoms with Crippen LogP contribution in [0.2, 0.25) is 0 Å². The molecular formula is C16H24ClNO. The van der Waals surface area contributed by atoms with Crippen molar-refractivity contribution >= 4 is 11.6 Å². The van der Waals surface area contributed by atoms with Gasteiger partial charge in [0.1, 0.15) is 6.10 Å². The van der Waals surface area contributed by atoms with Crippen LogP contribution in [-0.2, 0) is 5.88 Å². The molecule has 1 heterocycles. The second-order valence-electron chi connectivity index (χ2n) is 6.04. The molecule has 2 unspecified atom stereocenters. The molecule has 1 aliphatic rings. The molecule has 2 rings (SSSR count). The molecule has 1 aliphatic carbocycles. The minimum Gasteiger partial charge on any atom is -0.474 e. The summed E-state index contributed by atoms with van der Waals surface area (Å²) in [7, 11) is 0. The number of nitrogens with zero attached hydrogens (tertiary/aromatic N) is 1. The molecule has 0 aromatic carbocycles. The van der Waals surface area contributed by atoms with Gasteiger partial charge >= 0.3 is 0 Å². The van der Waals surface area contributed by atoms with E-state index in [4.69, 9.17) is 16.3 Å². The largest absolute Gasteiger partial charge is 0.474 e. The average Bonchev–Trinajstić information content (AvgIpc) is 2.38. The smallest absolute Gasteiger partial charge is 0.214 e. The van der Waals surface area contributed by atoms with Crippen LogP contribution in [0.15, 0.2) is 12.1 Å². The molecule has 106 valence electrons. The normalized spacial score (nSPS) is 23.6. The summed E-state index contributed by atoms with van der Waals surface area (Å²) in [5.41, 5.74) is 2.16. The maximum Gasteiger partial charge on any atom is 0.214 e. The molecule has 2 nitrogen and oxygen atoms in total. The summed E-state index contributed by atoms with van der Waals surface area (Å²) in [6.07, 6.45) is 5.20. The molecule has 0 saturated heterocycles. The highest BCUT2D eigenvalue weighted by molar-refractivity contribution is 6.17. The van der Waals surface area contributed by atoms with Crippen molar-refractivity contribution in [3.05, 3.63) is 23.4 Å². The standard InChI is InChI=1S/C16H24ClNO/c1-11(2)15-8-13(10-17)9-16(18-15)19-14-6-4-5-12(3)7-14/h8-9,11-12,14H,4-7,10H2,1-3H3. The number of pyridine rings is 1. The molecule has 1 saturated carbocycles. The molecule has 0 amide bonds. The van der Waals surface area contributed by atoms with Crippen LogP contribution >= 0.6 is 11.6 Å². The molecule has 19 heavy (non-hydrogen) atoms. The number of aromatic nitrogens is 1. The molecule has 3 heteroatoms. The summed E-state index contributed by atoms with van der Waals surface area (Å²) in [5.74, 6) is 2.43. The van der Waals surface area contributed by atoms with E-state index in [1.54, 1.807) is 0 Å². The van der Waals surface area contributed by atoms with E-state index in [0.717, 1.165) is 35.9 Å². The lowest BCUT2D eigenvalue weighted by Crippen LogP contribution is -2.24. The Labute approximate surface area is 121 Å². The molecule has 0 bridgehead atoms. The summed E-state index contributed by atoms with van der Waals surface area (Å²) in [6, 6.07) is 4.06. The van der Waals surface area contributed by atoms with Gasteiger partial charge in [-0.3, -0.25) is 0 Å². The van der Waals surface area contributed by atoms with Gasteiger partial charge in [0, 0.05) is 17.6 Å². The van der Waals surface area contributed by atoms with E-state index in [-0.39, 0.29) is 0 Å². The second-order valence-corrected chi connectivity index (χ2v) is 6.31. The zero-order chi connectivity index (χ0) is 13.8. The van der Waals surface area contributed by atoms with Crippen molar-refractivity contribution in [2.24, 2.45) is 5.92 Å². The van der Waals surface area contributed by atoms with E-state index >= 15 is 0 Å². The monoisotopic (exact) mass is 281 g/mol. The Bertz CT molecular complexity index is 419. The first kappa shape index (κ1) is 14.6. The van der Waals surface area contributed by atoms with Crippen LogP contribution in [-0.4, -0.2) is 11.1 Å². The van der Waals surface area contributed by atoms with Crippen LogP contribution in [0.1, 0.15) is 63.6 Å². The lowest BCUT2D eigenvalue weighted by molar-refractivity contribution is 0.123. The fourth-order valence-electron chi connectivity index (χ4n) is 2.67. The number of ether oxygens (including phenoxy) is 1. The van der Waals surface area contributed by atoms with E-state index in [1.807, 2.05) is 6.07 Å². The minimum absolute atomic E-state index is 0.321. The number of hydrogen-bond acceptors (Lipinski definition) is 2. The Morgan fingerprint density at radius 2 is 2.16 bits per heavy atom. The molecule has 1 aromatic rings. The summed E-state index contributed by atoms with van der Waals surface area (Å²) in [6.45, 7) is 6.59. The van der Waals surface area contributed by atoms with Gasteiger partial charge in [-0.1, -0.05) is 27.2 Å². The Morgan fingerprint density at radius 1 is 1.37 bits per heavy atom. The quantitative estimate of drug-likeness (QED) is 0.732. The van der Waals surface area contributed by atoms with Gasteiger partial charge in [-0.15, -0.1) is 11.6 Å². The van der Waals surface area contributed by atoms with Gasteiger partial charge in [0.2, 0.25) is 5.88 Å². The molecule has 0 radical (unpaired) electrons. The highest BCUT2D eigenvalue weighted by Crippen LogP contribution is 2.28. The van der Waals surface area contributed by atoms with E-state index in [9.17, 15) is 0 Å². The van der Waals surface area contributed by atoms with E-state index in [0.29, 0.717) is 17.9 Å². The van der Waals surface area contributed by atoms with Gasteiger partial charge in [0.05, 0.1) is 0 Å². The molecule has 0 N–H and O–H groups in total. The van der Waals surface area contributed by atoms with Crippen molar-refractivity contribution in [2.45, 2.75) is 64.4 Å². The molecule has 2 atom stereocenters. The van der Waals surface area contributed by atoms with Crippen molar-refractivity contribution in [3.8, 4) is 5.88 Å². The third-order valence-corrected chi connectivity index (χ3v) is 4.11. The fourth-order valence-corrected chi connectivity index (χ4v) is 2.83. The summed E-state index contributed by atoms with van der Waals surface area (Å²) >= 11 is 5.96. The topological polar surface area (TPSA) is 22.1 Å². The van der Waals surface area contributed by atoms with Gasteiger partial charge in [-0.25, -0.2) is 4.98 Å². The van der Waals surface area contributed by atoms with Crippen molar-refractivity contribution in [3.63, 3.8) is 0 Å². The highest BCUT2D eigenvalue weighted by Gasteiger charge is 2.21. The van der Waals surface area contributed by atoms with Gasteiger partial charge in [-0.05, 0) is 42.7 Å². The van der Waals surface area contributed by atoms with Crippen LogP contribution in [0.25, 0.3) is 0 Å². The first-order chi connectivity index (χ1) is 9.08. The Morgan fingerprint density at radius 3 is 2.79 bits per heavy atom. The van der Waals surface area contributed by atoms with Crippen molar-refractivity contribution < 1.29 is 4.74 Å². The van der Waals surface area contributed by atoms with Gasteiger partial charge in [0.15, 0.2) is 0 Å². The zero-order valence-electron chi connectivity index (χ0n) is 12.2. The van der Waals surface area contributed by atoms with Gasteiger partial charge in [-0.2, -0.15) is 0 Å². The third kappa shape index (κ3) is 4.10. The van der Waals surface area contributed by atoms with Gasteiger partial charge < -0.3 is 4.74 Å². The third-order valence-electron chi connectivity index (χ3n) is 3.80. The minimum atomic E-state index is 0.321. The van der Waals surface area contributed by atoms with Crippen LogP contribution in [0.3, 0.4) is 0 Å². The van der Waals surface area contributed by atoms with Crippen LogP contribution in [0, 0.1) is 5.92 Å². The van der Waals surface area contributed by atoms with Crippen LogP contribution in [0.5, 0.6) is 5.88 Å². The maximum absolute atomic E-state index is 6.09. The summed E-state index contributed by atoms with van der Waals surface area (Å²) in [5, 5.41) is 0. The predicted molar refractivity (Wildman–Crippen MR) is 79.9 cm³/mol. The van der Waals surface area contributed by atoms with Crippen molar-refractivity contribution in [1.29, 1.82) is 0 Å². The fraction of sp³-hybridized carbons (Fsp3) is 0.688. The Balaban J connectivity index is 2.12. The first-order valence-corrected chi connectivity index (χ1v) is 7.85. The lowest BCUT2D eigenvalue weighted by Gasteiger charge is -2.27. The molecule has 0 aliphatic heterocycles. The number of alkyl halides is 1. The lowest BCUT2D eigenvalue weighted by atomic mass is 9.89. The van der Waals surface area contributed by atoms with Crippen molar-refractivity contribution in [1.82, 2.24) is 4.98 Å². The maximum atomic E-state index is 6.09.